The lowest BCUT2D eigenvalue weighted by Gasteiger charge is -2.41. The molecule has 0 unspecified atom stereocenters. The minimum Gasteiger partial charge on any atom is -0.481 e. The number of unbranched alkanes of at least 4 members (excludes halogenated alkanes) is 3. The Kier molecular flexibility index (Phi) is 14.5. The zero-order chi connectivity index (χ0) is 37.9. The molecule has 9 heteroatoms. The van der Waals surface area contributed by atoms with Crippen LogP contribution in [0.3, 0.4) is 0 Å². The maximum absolute atomic E-state index is 11.2. The average molecular weight is 763 g/mol. The van der Waals surface area contributed by atoms with Gasteiger partial charge in [-0.1, -0.05) is 99.8 Å². The average Bonchev–Trinajstić information content (AvgIpc) is 3.51. The van der Waals surface area contributed by atoms with Gasteiger partial charge >= 0.3 is 5.97 Å². The first-order valence-corrected chi connectivity index (χ1v) is 29.0. The number of carbonyl (C=O) groups is 1. The molecule has 1 N–H and O–H groups in total. The van der Waals surface area contributed by atoms with Crippen LogP contribution in [0.4, 0.5) is 0 Å². The van der Waals surface area contributed by atoms with Crippen molar-refractivity contribution >= 4 is 52.3 Å². The predicted octanol–water partition coefficient (Wildman–Crippen LogP) is 13.6. The largest absolute Gasteiger partial charge is 0.481 e. The predicted molar refractivity (Wildman–Crippen MR) is 223 cm³/mol. The van der Waals surface area contributed by atoms with Gasteiger partial charge in [-0.05, 0) is 116 Å². The highest BCUT2D eigenvalue weighted by molar-refractivity contribution is 7.19. The van der Waals surface area contributed by atoms with Gasteiger partial charge in [-0.25, -0.2) is 0 Å². The van der Waals surface area contributed by atoms with E-state index in [1.54, 1.807) is 0 Å². The summed E-state index contributed by atoms with van der Waals surface area (Å²) >= 11 is 1.90. The van der Waals surface area contributed by atoms with Gasteiger partial charge in [0.1, 0.15) is 0 Å². The molecule has 5 nitrogen and oxygen atoms in total. The molecule has 0 aliphatic heterocycles. The summed E-state index contributed by atoms with van der Waals surface area (Å²) in [7, 11) is -6.15. The summed E-state index contributed by atoms with van der Waals surface area (Å²) in [5.74, 6) is 0.106. The van der Waals surface area contributed by atoms with E-state index < -0.39 is 30.9 Å². The first-order valence-electron chi connectivity index (χ1n) is 19.5. The monoisotopic (exact) mass is 762 g/mol. The summed E-state index contributed by atoms with van der Waals surface area (Å²) in [6.45, 7) is 35.5. The van der Waals surface area contributed by atoms with Gasteiger partial charge in [-0.15, -0.1) is 11.3 Å². The van der Waals surface area contributed by atoms with Crippen molar-refractivity contribution in [1.29, 1.82) is 0 Å². The van der Waals surface area contributed by atoms with E-state index in [4.69, 9.17) is 13.3 Å². The Bertz CT molecular complexity index is 1350. The van der Waals surface area contributed by atoms with Crippen LogP contribution in [-0.4, -0.2) is 48.2 Å². The van der Waals surface area contributed by atoms with Gasteiger partial charge in [0.15, 0.2) is 25.0 Å². The zero-order valence-electron chi connectivity index (χ0n) is 34.6. The SMILES string of the molecule is CC(C)(C)[Si](C)(C)O[C@H]1C[C@H](O[Si](C)(C)C(C)(C)C)[C@H](CC[C@@H](O[Si](C)(C)C(C)(C)C)c2cc3ccccc3s2)[C@H]1CCCCCCC(=O)O. The summed E-state index contributed by atoms with van der Waals surface area (Å²) in [4.78, 5) is 12.5. The highest BCUT2D eigenvalue weighted by Crippen LogP contribution is 2.51. The number of thiophene rings is 1. The van der Waals surface area contributed by atoms with E-state index in [-0.39, 0.29) is 39.8 Å². The Morgan fingerprint density at radius 1 is 0.760 bits per heavy atom. The smallest absolute Gasteiger partial charge is 0.303 e. The summed E-state index contributed by atoms with van der Waals surface area (Å²) in [6.07, 6.45) is 8.64. The molecule has 286 valence electrons. The number of fused-ring (bicyclic) bond motifs is 1. The number of carboxylic acid groups (broad SMARTS) is 1. The van der Waals surface area contributed by atoms with E-state index in [2.05, 4.69) is 132 Å². The molecule has 0 radical (unpaired) electrons. The second kappa shape index (κ2) is 16.7. The molecule has 50 heavy (non-hydrogen) atoms. The molecule has 1 aromatic heterocycles. The Morgan fingerprint density at radius 2 is 1.26 bits per heavy atom. The number of hydrogen-bond donors (Lipinski definition) is 1. The van der Waals surface area contributed by atoms with Crippen molar-refractivity contribution in [3.05, 3.63) is 35.2 Å². The minimum absolute atomic E-state index is 0.0545. The molecule has 5 atom stereocenters. The van der Waals surface area contributed by atoms with Crippen LogP contribution in [-0.2, 0) is 18.1 Å². The van der Waals surface area contributed by atoms with E-state index >= 15 is 0 Å². The Labute approximate surface area is 314 Å². The summed E-state index contributed by atoms with van der Waals surface area (Å²) < 4.78 is 23.5. The summed E-state index contributed by atoms with van der Waals surface area (Å²) in [5.41, 5.74) is 0. The fourth-order valence-electron chi connectivity index (χ4n) is 6.62. The standard InChI is InChI=1S/C41H74O5SSi3/c1-39(2,3)48(10,11)44-33(37-28-30-22-20-21-24-36(30)47-37)27-26-32-31(23-18-16-17-19-25-38(42)43)34(45-49(12,13)40(4,5)6)29-35(32)46-50(14,15)41(7,8)9/h20-22,24,28,31-35H,16-19,23,25-27,29H2,1-15H3,(H,42,43)/t31-,32-,33-,34+,35+/m1/s1. The normalized spacial score (nSPS) is 22.0. The van der Waals surface area contributed by atoms with Crippen molar-refractivity contribution in [2.45, 2.75) is 193 Å². The van der Waals surface area contributed by atoms with E-state index in [1.807, 2.05) is 11.3 Å². The molecule has 0 bridgehead atoms. The van der Waals surface area contributed by atoms with Crippen LogP contribution in [0.5, 0.6) is 0 Å². The molecular weight excluding hydrogens is 689 g/mol. The molecule has 1 aliphatic carbocycles. The van der Waals surface area contributed by atoms with Crippen molar-refractivity contribution in [1.82, 2.24) is 0 Å². The third-order valence-electron chi connectivity index (χ3n) is 12.9. The van der Waals surface area contributed by atoms with Crippen molar-refractivity contribution in [2.24, 2.45) is 11.8 Å². The van der Waals surface area contributed by atoms with E-state index in [0.29, 0.717) is 11.8 Å². The maximum Gasteiger partial charge on any atom is 0.303 e. The van der Waals surface area contributed by atoms with Gasteiger partial charge in [0.2, 0.25) is 0 Å². The van der Waals surface area contributed by atoms with Crippen LogP contribution in [0, 0.1) is 11.8 Å². The number of carboxylic acids is 1. The fourth-order valence-corrected chi connectivity index (χ4v) is 11.9. The number of aliphatic carboxylic acids is 1. The van der Waals surface area contributed by atoms with Crippen LogP contribution in [0.1, 0.15) is 131 Å². The van der Waals surface area contributed by atoms with Crippen molar-refractivity contribution in [2.75, 3.05) is 0 Å². The van der Waals surface area contributed by atoms with Gasteiger partial charge in [-0.2, -0.15) is 0 Å². The molecule has 1 saturated carbocycles. The topological polar surface area (TPSA) is 65.0 Å². The Hall–Kier alpha value is -0.819. The van der Waals surface area contributed by atoms with Crippen LogP contribution < -0.4 is 0 Å². The number of hydrogen-bond acceptors (Lipinski definition) is 5. The Balaban J connectivity index is 2.01. The van der Waals surface area contributed by atoms with Crippen molar-refractivity contribution in [3.8, 4) is 0 Å². The molecule has 2 aromatic rings. The van der Waals surface area contributed by atoms with Crippen LogP contribution in [0.2, 0.25) is 54.4 Å². The van der Waals surface area contributed by atoms with Gasteiger partial charge in [-0.3, -0.25) is 4.79 Å². The van der Waals surface area contributed by atoms with E-state index in [0.717, 1.165) is 51.4 Å². The van der Waals surface area contributed by atoms with Gasteiger partial charge in [0.05, 0.1) is 18.3 Å². The Morgan fingerprint density at radius 3 is 1.76 bits per heavy atom. The highest BCUT2D eigenvalue weighted by Gasteiger charge is 2.51. The van der Waals surface area contributed by atoms with Crippen molar-refractivity contribution < 1.29 is 23.2 Å². The molecule has 1 aliphatic rings. The highest BCUT2D eigenvalue weighted by atomic mass is 32.1. The lowest BCUT2D eigenvalue weighted by molar-refractivity contribution is -0.137. The molecule has 0 saturated heterocycles. The molecule has 1 heterocycles. The summed E-state index contributed by atoms with van der Waals surface area (Å²) in [6, 6.07) is 11.1. The van der Waals surface area contributed by atoms with Crippen LogP contribution in [0.15, 0.2) is 30.3 Å². The molecular formula is C41H74O5SSi3. The maximum atomic E-state index is 11.2. The minimum atomic E-state index is -2.06. The van der Waals surface area contributed by atoms with E-state index in [9.17, 15) is 9.90 Å². The lowest BCUT2D eigenvalue weighted by Crippen LogP contribution is -2.45. The fraction of sp³-hybridized carbons (Fsp3) is 0.780. The first-order chi connectivity index (χ1) is 22.8. The quantitative estimate of drug-likeness (QED) is 0.128. The van der Waals surface area contributed by atoms with Crippen molar-refractivity contribution in [3.63, 3.8) is 0 Å². The molecule has 0 amide bonds. The molecule has 1 aromatic carbocycles. The van der Waals surface area contributed by atoms with Gasteiger partial charge < -0.3 is 18.4 Å². The molecule has 1 fully saturated rings. The first kappa shape index (κ1) is 43.6. The zero-order valence-corrected chi connectivity index (χ0v) is 38.4. The third kappa shape index (κ3) is 11.3. The second-order valence-corrected chi connectivity index (χ2v) is 35.3. The third-order valence-corrected chi connectivity index (χ3v) is 27.6. The number of benzene rings is 1. The summed E-state index contributed by atoms with van der Waals surface area (Å²) in [5, 5.41) is 10.9. The van der Waals surface area contributed by atoms with Crippen LogP contribution in [0.25, 0.3) is 10.1 Å². The molecule has 0 spiro atoms. The number of rotatable bonds is 17. The van der Waals surface area contributed by atoms with Gasteiger partial charge in [0, 0.05) is 16.0 Å². The van der Waals surface area contributed by atoms with Crippen LogP contribution >= 0.6 is 11.3 Å². The second-order valence-electron chi connectivity index (χ2n) is 19.9. The van der Waals surface area contributed by atoms with Gasteiger partial charge in [0.25, 0.3) is 0 Å². The van der Waals surface area contributed by atoms with E-state index in [1.165, 1.54) is 15.0 Å². The lowest BCUT2D eigenvalue weighted by atomic mass is 9.84. The molecule has 3 rings (SSSR count).